The van der Waals surface area contributed by atoms with Gasteiger partial charge in [-0.15, -0.1) is 12.6 Å². The minimum atomic E-state index is 0.992. The minimum Gasteiger partial charge on any atom is -0.355 e. The van der Waals surface area contributed by atoms with E-state index in [-0.39, 0.29) is 0 Å². The van der Waals surface area contributed by atoms with Crippen molar-refractivity contribution in [3.05, 3.63) is 78.9 Å². The first-order valence-corrected chi connectivity index (χ1v) is 7.73. The normalized spacial score (nSPS) is 11.0. The van der Waals surface area contributed by atoms with Crippen molar-refractivity contribution in [1.29, 1.82) is 0 Å². The van der Waals surface area contributed by atoms with Crippen LogP contribution >= 0.6 is 12.6 Å². The van der Waals surface area contributed by atoms with Crippen molar-refractivity contribution in [2.75, 3.05) is 0 Å². The molecule has 22 heavy (non-hydrogen) atoms. The molecule has 3 aromatic carbocycles. The van der Waals surface area contributed by atoms with Crippen LogP contribution in [0.2, 0.25) is 0 Å². The molecule has 0 saturated carbocycles. The van der Waals surface area contributed by atoms with E-state index in [1.807, 2.05) is 12.1 Å². The monoisotopic (exact) mass is 301 g/mol. The number of hydrogen-bond donors (Lipinski definition) is 2. The van der Waals surface area contributed by atoms with Gasteiger partial charge in [0, 0.05) is 27.1 Å². The molecule has 0 bridgehead atoms. The van der Waals surface area contributed by atoms with Gasteiger partial charge in [0.15, 0.2) is 0 Å². The molecule has 0 aliphatic rings. The zero-order valence-corrected chi connectivity index (χ0v) is 12.8. The maximum Gasteiger partial charge on any atom is 0.0471 e. The lowest BCUT2D eigenvalue weighted by molar-refractivity contribution is 1.42. The van der Waals surface area contributed by atoms with Gasteiger partial charge in [0.2, 0.25) is 0 Å². The second-order valence-corrected chi connectivity index (χ2v) is 5.81. The van der Waals surface area contributed by atoms with Crippen LogP contribution in [0, 0.1) is 0 Å². The van der Waals surface area contributed by atoms with Crippen LogP contribution in [0.15, 0.2) is 83.8 Å². The summed E-state index contributed by atoms with van der Waals surface area (Å²) in [6.07, 6.45) is 0. The summed E-state index contributed by atoms with van der Waals surface area (Å²) in [5.74, 6) is 0. The Morgan fingerprint density at radius 2 is 1.27 bits per heavy atom. The van der Waals surface area contributed by atoms with E-state index in [4.69, 9.17) is 0 Å². The van der Waals surface area contributed by atoms with Crippen LogP contribution in [0.5, 0.6) is 0 Å². The van der Waals surface area contributed by atoms with Crippen LogP contribution in [-0.2, 0) is 0 Å². The molecule has 0 aliphatic carbocycles. The Labute approximate surface area is 135 Å². The third-order valence-corrected chi connectivity index (χ3v) is 4.33. The highest BCUT2D eigenvalue weighted by molar-refractivity contribution is 7.80. The van der Waals surface area contributed by atoms with Gasteiger partial charge in [0.1, 0.15) is 0 Å². The van der Waals surface area contributed by atoms with E-state index in [0.29, 0.717) is 0 Å². The van der Waals surface area contributed by atoms with Crippen molar-refractivity contribution in [3.8, 4) is 22.4 Å². The van der Waals surface area contributed by atoms with Gasteiger partial charge in [-0.25, -0.2) is 0 Å². The standard InChI is InChI=1S/C20H15NS/c22-20-12-6-4-10-17(20)15-8-2-3-9-16(15)19-13-14-7-1-5-11-18(14)21-19/h1-13,21-22H. The zero-order valence-electron chi connectivity index (χ0n) is 12.0. The largest absolute Gasteiger partial charge is 0.355 e. The van der Waals surface area contributed by atoms with Crippen molar-refractivity contribution in [2.24, 2.45) is 0 Å². The number of fused-ring (bicyclic) bond motifs is 1. The average Bonchev–Trinajstić information content (AvgIpc) is 2.99. The number of thiol groups is 1. The van der Waals surface area contributed by atoms with Crippen LogP contribution in [0.3, 0.4) is 0 Å². The molecule has 4 aromatic rings. The van der Waals surface area contributed by atoms with Gasteiger partial charge in [0.05, 0.1) is 0 Å². The summed E-state index contributed by atoms with van der Waals surface area (Å²) in [7, 11) is 0. The number of aromatic nitrogens is 1. The third kappa shape index (κ3) is 2.22. The lowest BCUT2D eigenvalue weighted by Gasteiger charge is -2.10. The van der Waals surface area contributed by atoms with Gasteiger partial charge in [-0.05, 0) is 29.3 Å². The molecule has 0 atom stereocenters. The molecule has 106 valence electrons. The quantitative estimate of drug-likeness (QED) is 0.436. The number of aromatic amines is 1. The van der Waals surface area contributed by atoms with E-state index < -0.39 is 0 Å². The molecule has 0 amide bonds. The average molecular weight is 301 g/mol. The number of rotatable bonds is 2. The first-order chi connectivity index (χ1) is 10.8. The van der Waals surface area contributed by atoms with Crippen molar-refractivity contribution in [1.82, 2.24) is 4.98 Å². The summed E-state index contributed by atoms with van der Waals surface area (Å²) in [4.78, 5) is 4.51. The van der Waals surface area contributed by atoms with E-state index in [2.05, 4.69) is 84.3 Å². The number of benzene rings is 3. The molecule has 0 radical (unpaired) electrons. The number of para-hydroxylation sites is 1. The molecule has 1 N–H and O–H groups in total. The first-order valence-electron chi connectivity index (χ1n) is 7.28. The highest BCUT2D eigenvalue weighted by Crippen LogP contribution is 2.35. The predicted molar refractivity (Wildman–Crippen MR) is 96.4 cm³/mol. The maximum absolute atomic E-state index is 4.61. The SMILES string of the molecule is Sc1ccccc1-c1ccccc1-c1cc2ccccc2[nH]1. The van der Waals surface area contributed by atoms with Crippen LogP contribution < -0.4 is 0 Å². The first kappa shape index (κ1) is 13.2. The zero-order chi connectivity index (χ0) is 14.9. The molecule has 0 spiro atoms. The van der Waals surface area contributed by atoms with Crippen LogP contribution in [-0.4, -0.2) is 4.98 Å². The Kier molecular flexibility index (Phi) is 3.24. The van der Waals surface area contributed by atoms with Gasteiger partial charge >= 0.3 is 0 Å². The van der Waals surface area contributed by atoms with E-state index >= 15 is 0 Å². The molecule has 1 heterocycles. The predicted octanol–water partition coefficient (Wildman–Crippen LogP) is 5.79. The van der Waals surface area contributed by atoms with Crippen molar-refractivity contribution in [2.45, 2.75) is 4.90 Å². The Morgan fingerprint density at radius 1 is 0.636 bits per heavy atom. The van der Waals surface area contributed by atoms with Crippen molar-refractivity contribution in [3.63, 3.8) is 0 Å². The topological polar surface area (TPSA) is 15.8 Å². The number of H-pyrrole nitrogens is 1. The molecule has 4 rings (SSSR count). The molecular weight excluding hydrogens is 286 g/mol. The fraction of sp³-hybridized carbons (Fsp3) is 0. The summed E-state index contributed by atoms with van der Waals surface area (Å²) in [5, 5.41) is 1.23. The van der Waals surface area contributed by atoms with Crippen molar-refractivity contribution >= 4 is 23.5 Å². The second kappa shape index (κ2) is 5.39. The highest BCUT2D eigenvalue weighted by atomic mass is 32.1. The fourth-order valence-electron chi connectivity index (χ4n) is 2.87. The minimum absolute atomic E-state index is 0.992. The van der Waals surface area contributed by atoms with Gasteiger partial charge in [0.25, 0.3) is 0 Å². The molecule has 0 unspecified atom stereocenters. The summed E-state index contributed by atoms with van der Waals surface area (Å²) in [5.41, 5.74) is 5.83. The van der Waals surface area contributed by atoms with E-state index in [0.717, 1.165) is 21.7 Å². The molecule has 0 aliphatic heterocycles. The van der Waals surface area contributed by atoms with Gasteiger partial charge < -0.3 is 4.98 Å². The Bertz CT molecular complexity index is 920. The van der Waals surface area contributed by atoms with E-state index in [1.165, 1.54) is 16.5 Å². The third-order valence-electron chi connectivity index (χ3n) is 3.94. The Hall–Kier alpha value is -2.45. The van der Waals surface area contributed by atoms with Gasteiger partial charge in [-0.3, -0.25) is 0 Å². The smallest absolute Gasteiger partial charge is 0.0471 e. The summed E-state index contributed by atoms with van der Waals surface area (Å²) >= 11 is 4.61. The number of nitrogens with one attached hydrogen (secondary N) is 1. The van der Waals surface area contributed by atoms with Crippen LogP contribution in [0.25, 0.3) is 33.3 Å². The molecule has 0 fully saturated rings. The lowest BCUT2D eigenvalue weighted by Crippen LogP contribution is -1.86. The van der Waals surface area contributed by atoms with E-state index in [1.54, 1.807) is 0 Å². The molecule has 0 saturated heterocycles. The summed E-state index contributed by atoms with van der Waals surface area (Å²) in [6.45, 7) is 0. The van der Waals surface area contributed by atoms with Gasteiger partial charge in [-0.1, -0.05) is 60.7 Å². The van der Waals surface area contributed by atoms with Gasteiger partial charge in [-0.2, -0.15) is 0 Å². The lowest BCUT2D eigenvalue weighted by atomic mass is 9.97. The fourth-order valence-corrected chi connectivity index (χ4v) is 3.15. The maximum atomic E-state index is 4.61. The Morgan fingerprint density at radius 3 is 2.05 bits per heavy atom. The molecular formula is C20H15NS. The molecule has 1 aromatic heterocycles. The van der Waals surface area contributed by atoms with Crippen molar-refractivity contribution < 1.29 is 0 Å². The summed E-state index contributed by atoms with van der Waals surface area (Å²) in [6, 6.07) is 27.2. The van der Waals surface area contributed by atoms with E-state index in [9.17, 15) is 0 Å². The molecule has 2 heteroatoms. The molecule has 1 nitrogen and oxygen atoms in total. The van der Waals surface area contributed by atoms with Crippen LogP contribution in [0.4, 0.5) is 0 Å². The Balaban J connectivity index is 1.95. The highest BCUT2D eigenvalue weighted by Gasteiger charge is 2.10. The summed E-state index contributed by atoms with van der Waals surface area (Å²) < 4.78 is 0. The van der Waals surface area contributed by atoms with Crippen LogP contribution in [0.1, 0.15) is 0 Å². The number of hydrogen-bond acceptors (Lipinski definition) is 1. The second-order valence-electron chi connectivity index (χ2n) is 5.33.